The largest absolute Gasteiger partial charge is 0.378 e. The maximum absolute atomic E-state index is 11.9. The third-order valence-corrected chi connectivity index (χ3v) is 2.52. The molecule has 0 saturated carbocycles. The van der Waals surface area contributed by atoms with Crippen LogP contribution in [0, 0.1) is 0 Å². The number of urea groups is 1. The van der Waals surface area contributed by atoms with Gasteiger partial charge < -0.3 is 19.3 Å². The molecule has 0 bridgehead atoms. The molecule has 0 aliphatic carbocycles. The summed E-state index contributed by atoms with van der Waals surface area (Å²) in [6.07, 6.45) is 0.941. The highest BCUT2D eigenvalue weighted by atomic mass is 16.5. The maximum Gasteiger partial charge on any atom is 0.322 e. The van der Waals surface area contributed by atoms with Crippen LogP contribution in [-0.2, 0) is 9.47 Å². The van der Waals surface area contributed by atoms with Crippen molar-refractivity contribution in [2.75, 3.05) is 46.2 Å². The van der Waals surface area contributed by atoms with Crippen molar-refractivity contribution in [1.82, 2.24) is 9.80 Å². The van der Waals surface area contributed by atoms with E-state index in [2.05, 4.69) is 0 Å². The molecule has 0 aromatic carbocycles. The van der Waals surface area contributed by atoms with E-state index >= 15 is 0 Å². The molecule has 14 heavy (non-hydrogen) atoms. The lowest BCUT2D eigenvalue weighted by molar-refractivity contribution is -0.0123. The molecule has 2 saturated heterocycles. The number of rotatable bonds is 0. The van der Waals surface area contributed by atoms with Gasteiger partial charge in [-0.1, -0.05) is 0 Å². The number of carbonyl (C=O) groups is 1. The summed E-state index contributed by atoms with van der Waals surface area (Å²) in [6.45, 7) is 4.74. The van der Waals surface area contributed by atoms with Crippen LogP contribution in [0.1, 0.15) is 6.42 Å². The van der Waals surface area contributed by atoms with E-state index in [1.54, 1.807) is 4.90 Å². The fourth-order valence-electron chi connectivity index (χ4n) is 1.70. The van der Waals surface area contributed by atoms with Crippen molar-refractivity contribution < 1.29 is 14.3 Å². The van der Waals surface area contributed by atoms with Crippen LogP contribution < -0.4 is 0 Å². The summed E-state index contributed by atoms with van der Waals surface area (Å²) in [5.74, 6) is 0. The molecule has 2 heterocycles. The molecule has 2 fully saturated rings. The van der Waals surface area contributed by atoms with Gasteiger partial charge in [0.05, 0.1) is 19.8 Å². The van der Waals surface area contributed by atoms with Crippen LogP contribution in [0.25, 0.3) is 0 Å². The molecular formula is C9H16N2O3. The van der Waals surface area contributed by atoms with Gasteiger partial charge in [0, 0.05) is 19.6 Å². The Morgan fingerprint density at radius 2 is 1.71 bits per heavy atom. The van der Waals surface area contributed by atoms with E-state index in [4.69, 9.17) is 9.47 Å². The van der Waals surface area contributed by atoms with Gasteiger partial charge in [0.2, 0.25) is 0 Å². The number of carbonyl (C=O) groups excluding carboxylic acids is 1. The van der Waals surface area contributed by atoms with Crippen LogP contribution in [0.3, 0.4) is 0 Å². The summed E-state index contributed by atoms with van der Waals surface area (Å²) in [7, 11) is 0. The Bertz CT molecular complexity index is 178. The second-order valence-corrected chi connectivity index (χ2v) is 3.54. The van der Waals surface area contributed by atoms with Crippen molar-refractivity contribution in [3.05, 3.63) is 0 Å². The molecule has 2 amide bonds. The average Bonchev–Trinajstić information content (AvgIpc) is 2.30. The molecule has 2 aliphatic heterocycles. The van der Waals surface area contributed by atoms with Gasteiger partial charge in [-0.3, -0.25) is 0 Å². The van der Waals surface area contributed by atoms with E-state index in [0.29, 0.717) is 33.0 Å². The molecule has 5 nitrogen and oxygen atoms in total. The van der Waals surface area contributed by atoms with Crippen molar-refractivity contribution >= 4 is 6.03 Å². The van der Waals surface area contributed by atoms with Gasteiger partial charge in [0.1, 0.15) is 6.73 Å². The van der Waals surface area contributed by atoms with E-state index in [-0.39, 0.29) is 6.03 Å². The maximum atomic E-state index is 11.9. The first-order chi connectivity index (χ1) is 6.88. The number of nitrogens with zero attached hydrogens (tertiary/aromatic N) is 2. The second-order valence-electron chi connectivity index (χ2n) is 3.54. The van der Waals surface area contributed by atoms with Crippen molar-refractivity contribution in [3.8, 4) is 0 Å². The molecule has 80 valence electrons. The summed E-state index contributed by atoms with van der Waals surface area (Å²) in [4.78, 5) is 15.5. The van der Waals surface area contributed by atoms with Gasteiger partial charge in [0.15, 0.2) is 0 Å². The minimum atomic E-state index is 0.0907. The van der Waals surface area contributed by atoms with Gasteiger partial charge in [-0.25, -0.2) is 4.79 Å². The Morgan fingerprint density at radius 3 is 2.36 bits per heavy atom. The lowest BCUT2D eigenvalue weighted by Crippen LogP contribution is -2.50. The first kappa shape index (κ1) is 9.73. The highest BCUT2D eigenvalue weighted by Gasteiger charge is 2.23. The molecule has 0 N–H and O–H groups in total. The molecule has 0 aromatic heterocycles. The van der Waals surface area contributed by atoms with E-state index in [1.807, 2.05) is 4.90 Å². The first-order valence-electron chi connectivity index (χ1n) is 5.07. The summed E-state index contributed by atoms with van der Waals surface area (Å²) >= 11 is 0. The van der Waals surface area contributed by atoms with Crippen LogP contribution in [0.5, 0.6) is 0 Å². The number of ether oxygens (including phenoxy) is 2. The molecule has 2 aliphatic rings. The number of morpholine rings is 1. The van der Waals surface area contributed by atoms with Gasteiger partial charge in [0.25, 0.3) is 0 Å². The van der Waals surface area contributed by atoms with Crippen molar-refractivity contribution in [1.29, 1.82) is 0 Å². The minimum absolute atomic E-state index is 0.0907. The fraction of sp³-hybridized carbons (Fsp3) is 0.889. The molecule has 0 atom stereocenters. The molecular weight excluding hydrogens is 184 g/mol. The van der Waals surface area contributed by atoms with E-state index in [9.17, 15) is 4.79 Å². The summed E-state index contributed by atoms with van der Waals surface area (Å²) in [6, 6.07) is 0.0907. The van der Waals surface area contributed by atoms with Crippen molar-refractivity contribution in [2.24, 2.45) is 0 Å². The second kappa shape index (κ2) is 4.61. The molecule has 0 unspecified atom stereocenters. The molecule has 0 spiro atoms. The number of hydrogen-bond donors (Lipinski definition) is 0. The Labute approximate surface area is 83.6 Å². The third kappa shape index (κ3) is 2.16. The van der Waals surface area contributed by atoms with Crippen LogP contribution >= 0.6 is 0 Å². The smallest absolute Gasteiger partial charge is 0.322 e. The van der Waals surface area contributed by atoms with Gasteiger partial charge in [-0.15, -0.1) is 0 Å². The number of amides is 2. The minimum Gasteiger partial charge on any atom is -0.378 e. The summed E-state index contributed by atoms with van der Waals surface area (Å²) < 4.78 is 10.4. The molecule has 0 radical (unpaired) electrons. The fourth-order valence-corrected chi connectivity index (χ4v) is 1.70. The average molecular weight is 200 g/mol. The quantitative estimate of drug-likeness (QED) is 0.557. The highest BCUT2D eigenvalue weighted by Crippen LogP contribution is 2.07. The lowest BCUT2D eigenvalue weighted by atomic mass is 10.3. The summed E-state index contributed by atoms with van der Waals surface area (Å²) in [5, 5.41) is 0. The van der Waals surface area contributed by atoms with E-state index in [1.165, 1.54) is 0 Å². The normalized spacial score (nSPS) is 23.7. The SMILES string of the molecule is O=C(N1CCOCC1)N1CCCOC1. The lowest BCUT2D eigenvalue weighted by Gasteiger charge is -2.34. The van der Waals surface area contributed by atoms with Gasteiger partial charge in [-0.2, -0.15) is 0 Å². The Balaban J connectivity index is 1.85. The number of hydrogen-bond acceptors (Lipinski definition) is 3. The monoisotopic (exact) mass is 200 g/mol. The molecule has 5 heteroatoms. The first-order valence-corrected chi connectivity index (χ1v) is 5.07. The van der Waals surface area contributed by atoms with Crippen LogP contribution in [0.4, 0.5) is 4.79 Å². The Morgan fingerprint density at radius 1 is 0.929 bits per heavy atom. The van der Waals surface area contributed by atoms with Gasteiger partial charge in [-0.05, 0) is 6.42 Å². The molecule has 0 aromatic rings. The highest BCUT2D eigenvalue weighted by molar-refractivity contribution is 5.74. The van der Waals surface area contributed by atoms with Crippen LogP contribution in [0.15, 0.2) is 0 Å². The Kier molecular flexibility index (Phi) is 3.21. The van der Waals surface area contributed by atoms with E-state index in [0.717, 1.165) is 19.6 Å². The third-order valence-electron chi connectivity index (χ3n) is 2.52. The van der Waals surface area contributed by atoms with Crippen molar-refractivity contribution in [2.45, 2.75) is 6.42 Å². The van der Waals surface area contributed by atoms with Crippen LogP contribution in [0.2, 0.25) is 0 Å². The Hall–Kier alpha value is -0.810. The predicted octanol–water partition coefficient (Wildman–Crippen LogP) is 0.118. The van der Waals surface area contributed by atoms with Gasteiger partial charge >= 0.3 is 6.03 Å². The topological polar surface area (TPSA) is 42.0 Å². The zero-order valence-corrected chi connectivity index (χ0v) is 8.28. The van der Waals surface area contributed by atoms with Crippen LogP contribution in [-0.4, -0.2) is 62.0 Å². The standard InChI is InChI=1S/C9H16N2O3/c12-9(10-3-6-13-7-4-10)11-2-1-5-14-8-11/h1-8H2. The van der Waals surface area contributed by atoms with E-state index < -0.39 is 0 Å². The van der Waals surface area contributed by atoms with Crippen molar-refractivity contribution in [3.63, 3.8) is 0 Å². The predicted molar refractivity (Wildman–Crippen MR) is 49.9 cm³/mol. The molecule has 2 rings (SSSR count). The zero-order chi connectivity index (χ0) is 9.80. The zero-order valence-electron chi connectivity index (χ0n) is 8.28. The summed E-state index contributed by atoms with van der Waals surface area (Å²) in [5.41, 5.74) is 0.